The fourth-order valence-electron chi connectivity index (χ4n) is 2.87. The Labute approximate surface area is 127 Å². The first-order chi connectivity index (χ1) is 9.96. The highest BCUT2D eigenvalue weighted by molar-refractivity contribution is 7.89. The molecule has 1 aliphatic rings. The molecular weight excluding hydrogens is 286 g/mol. The van der Waals surface area contributed by atoms with Gasteiger partial charge in [0.2, 0.25) is 10.0 Å². The Morgan fingerprint density at radius 3 is 2.33 bits per heavy atom. The zero-order valence-corrected chi connectivity index (χ0v) is 13.7. The summed E-state index contributed by atoms with van der Waals surface area (Å²) in [6.45, 7) is 3.58. The van der Waals surface area contributed by atoms with Crippen LogP contribution < -0.4 is 4.72 Å². The number of sulfonamides is 1. The number of nitrogens with one attached hydrogen (secondary N) is 1. The van der Waals surface area contributed by atoms with E-state index in [2.05, 4.69) is 4.72 Å². The Morgan fingerprint density at radius 1 is 1.14 bits per heavy atom. The summed E-state index contributed by atoms with van der Waals surface area (Å²) in [5.41, 5.74) is 1.64. The Bertz CT molecular complexity index is 583. The highest BCUT2D eigenvalue weighted by Crippen LogP contribution is 2.25. The molecule has 2 N–H and O–H groups in total. The molecule has 1 aliphatic carbocycles. The van der Waals surface area contributed by atoms with E-state index in [1.54, 1.807) is 12.1 Å². The Hall–Kier alpha value is -0.910. The highest BCUT2D eigenvalue weighted by Gasteiger charge is 2.31. The summed E-state index contributed by atoms with van der Waals surface area (Å²) in [4.78, 5) is 0.308. The number of aliphatic hydroxyl groups is 1. The average molecular weight is 311 g/mol. The predicted molar refractivity (Wildman–Crippen MR) is 83.8 cm³/mol. The van der Waals surface area contributed by atoms with E-state index in [0.717, 1.165) is 24.8 Å². The van der Waals surface area contributed by atoms with Crippen molar-refractivity contribution in [3.63, 3.8) is 0 Å². The van der Waals surface area contributed by atoms with Crippen LogP contribution in [0.1, 0.15) is 50.7 Å². The maximum Gasteiger partial charge on any atom is 0.241 e. The normalized spacial score (nSPS) is 15.8. The molecule has 2 rings (SSSR count). The molecule has 0 unspecified atom stereocenters. The highest BCUT2D eigenvalue weighted by atomic mass is 32.2. The van der Waals surface area contributed by atoms with Gasteiger partial charge in [0, 0.05) is 0 Å². The molecule has 0 aromatic heterocycles. The van der Waals surface area contributed by atoms with Crippen LogP contribution in [-0.4, -0.2) is 25.7 Å². The molecule has 0 spiro atoms. The van der Waals surface area contributed by atoms with Crippen molar-refractivity contribution in [2.24, 2.45) is 0 Å². The molecule has 0 saturated heterocycles. The minimum atomic E-state index is -3.60. The number of benzene rings is 1. The Morgan fingerprint density at radius 2 is 1.76 bits per heavy atom. The predicted octanol–water partition coefficient (Wildman–Crippen LogP) is 2.39. The number of rotatable bonds is 6. The lowest BCUT2D eigenvalue weighted by Crippen LogP contribution is -2.50. The zero-order chi connectivity index (χ0) is 15.5. The summed E-state index contributed by atoms with van der Waals surface area (Å²) in [5.74, 6) is 0. The first kappa shape index (κ1) is 16.5. The van der Waals surface area contributed by atoms with Crippen LogP contribution in [0.3, 0.4) is 0 Å². The van der Waals surface area contributed by atoms with Crippen molar-refractivity contribution in [1.29, 1.82) is 0 Å². The van der Waals surface area contributed by atoms with Crippen molar-refractivity contribution in [3.8, 4) is 0 Å². The molecule has 1 aromatic carbocycles. The van der Waals surface area contributed by atoms with E-state index >= 15 is 0 Å². The molecule has 21 heavy (non-hydrogen) atoms. The van der Waals surface area contributed by atoms with E-state index < -0.39 is 15.6 Å². The molecule has 0 aliphatic heterocycles. The smallest absolute Gasteiger partial charge is 0.241 e. The summed E-state index contributed by atoms with van der Waals surface area (Å²) in [6.07, 6.45) is 5.40. The van der Waals surface area contributed by atoms with Gasteiger partial charge in [-0.3, -0.25) is 0 Å². The van der Waals surface area contributed by atoms with Gasteiger partial charge in [-0.25, -0.2) is 13.1 Å². The lowest BCUT2D eigenvalue weighted by atomic mass is 9.92. The van der Waals surface area contributed by atoms with Crippen molar-refractivity contribution in [2.45, 2.75) is 62.8 Å². The van der Waals surface area contributed by atoms with Crippen molar-refractivity contribution < 1.29 is 13.5 Å². The van der Waals surface area contributed by atoms with Crippen LogP contribution in [0.15, 0.2) is 23.1 Å². The monoisotopic (exact) mass is 311 g/mol. The molecular formula is C16H25NO3S. The molecule has 0 amide bonds. The third-order valence-corrected chi connectivity index (χ3v) is 6.21. The van der Waals surface area contributed by atoms with Gasteiger partial charge in [0.05, 0.1) is 17.0 Å². The topological polar surface area (TPSA) is 66.4 Å². The van der Waals surface area contributed by atoms with Gasteiger partial charge in [0.1, 0.15) is 0 Å². The third kappa shape index (κ3) is 3.47. The molecule has 0 radical (unpaired) electrons. The van der Waals surface area contributed by atoms with Gasteiger partial charge in [0.25, 0.3) is 0 Å². The molecule has 118 valence electrons. The van der Waals surface area contributed by atoms with Crippen molar-refractivity contribution >= 4 is 10.0 Å². The van der Waals surface area contributed by atoms with E-state index in [1.165, 1.54) is 12.0 Å². The molecule has 0 saturated carbocycles. The zero-order valence-electron chi connectivity index (χ0n) is 12.9. The second-order valence-corrected chi connectivity index (χ2v) is 7.57. The van der Waals surface area contributed by atoms with Crippen LogP contribution in [-0.2, 0) is 22.9 Å². The lowest BCUT2D eigenvalue weighted by Gasteiger charge is -2.30. The lowest BCUT2D eigenvalue weighted by molar-refractivity contribution is 0.172. The Balaban J connectivity index is 2.31. The summed E-state index contributed by atoms with van der Waals surface area (Å²) in [7, 11) is -3.60. The maximum atomic E-state index is 12.6. The van der Waals surface area contributed by atoms with Gasteiger partial charge in [-0.15, -0.1) is 0 Å². The fourth-order valence-corrected chi connectivity index (χ4v) is 4.46. The van der Waals surface area contributed by atoms with Gasteiger partial charge in [-0.05, 0) is 61.8 Å². The first-order valence-electron chi connectivity index (χ1n) is 7.73. The van der Waals surface area contributed by atoms with Crippen LogP contribution in [0.5, 0.6) is 0 Å². The molecule has 4 nitrogen and oxygen atoms in total. The summed E-state index contributed by atoms with van der Waals surface area (Å²) in [5, 5.41) is 9.55. The molecule has 1 aromatic rings. The summed E-state index contributed by atoms with van der Waals surface area (Å²) in [6, 6.07) is 5.41. The van der Waals surface area contributed by atoms with Crippen molar-refractivity contribution in [3.05, 3.63) is 29.3 Å². The second kappa shape index (κ2) is 6.46. The minimum Gasteiger partial charge on any atom is -0.394 e. The van der Waals surface area contributed by atoms with E-state index in [1.807, 2.05) is 19.9 Å². The fraction of sp³-hybridized carbons (Fsp3) is 0.625. The van der Waals surface area contributed by atoms with Gasteiger partial charge in [0.15, 0.2) is 0 Å². The van der Waals surface area contributed by atoms with Gasteiger partial charge in [-0.1, -0.05) is 19.9 Å². The van der Waals surface area contributed by atoms with Crippen LogP contribution in [0.2, 0.25) is 0 Å². The average Bonchev–Trinajstić information content (AvgIpc) is 2.52. The standard InChI is InChI=1S/C16H25NO3S/c1-3-16(4-2,12-18)17-21(19,20)15-10-9-13-7-5-6-8-14(13)11-15/h9-11,17-18H,3-8,12H2,1-2H3. The minimum absolute atomic E-state index is 0.190. The number of hydrogen-bond donors (Lipinski definition) is 2. The number of fused-ring (bicyclic) bond motifs is 1. The first-order valence-corrected chi connectivity index (χ1v) is 9.21. The SMILES string of the molecule is CCC(CC)(CO)NS(=O)(=O)c1ccc2c(c1)CCCC2. The number of aryl methyl sites for hydroxylation is 2. The van der Waals surface area contributed by atoms with Crippen molar-refractivity contribution in [1.82, 2.24) is 4.72 Å². The van der Waals surface area contributed by atoms with E-state index in [-0.39, 0.29) is 6.61 Å². The second-order valence-electron chi connectivity index (χ2n) is 5.89. The summed E-state index contributed by atoms with van der Waals surface area (Å²) < 4.78 is 27.9. The molecule has 0 atom stereocenters. The maximum absolute atomic E-state index is 12.6. The van der Waals surface area contributed by atoms with E-state index in [0.29, 0.717) is 17.7 Å². The van der Waals surface area contributed by atoms with Crippen LogP contribution >= 0.6 is 0 Å². The number of aliphatic hydroxyl groups excluding tert-OH is 1. The van der Waals surface area contributed by atoms with Gasteiger partial charge >= 0.3 is 0 Å². The Kier molecular flexibility index (Phi) is 5.07. The van der Waals surface area contributed by atoms with E-state index in [9.17, 15) is 13.5 Å². The van der Waals surface area contributed by atoms with Crippen molar-refractivity contribution in [2.75, 3.05) is 6.61 Å². The van der Waals surface area contributed by atoms with Gasteiger partial charge < -0.3 is 5.11 Å². The molecule has 5 heteroatoms. The van der Waals surface area contributed by atoms with Gasteiger partial charge in [-0.2, -0.15) is 0 Å². The molecule has 0 fully saturated rings. The quantitative estimate of drug-likeness (QED) is 0.848. The molecule has 0 bridgehead atoms. The third-order valence-electron chi connectivity index (χ3n) is 4.64. The van der Waals surface area contributed by atoms with Crippen LogP contribution in [0.4, 0.5) is 0 Å². The van der Waals surface area contributed by atoms with Crippen LogP contribution in [0.25, 0.3) is 0 Å². The number of hydrogen-bond acceptors (Lipinski definition) is 3. The summed E-state index contributed by atoms with van der Waals surface area (Å²) >= 11 is 0. The molecule has 0 heterocycles. The largest absolute Gasteiger partial charge is 0.394 e. The van der Waals surface area contributed by atoms with E-state index in [4.69, 9.17) is 0 Å². The van der Waals surface area contributed by atoms with Crippen LogP contribution in [0, 0.1) is 0 Å².